The van der Waals surface area contributed by atoms with E-state index >= 15 is 0 Å². The van der Waals surface area contributed by atoms with E-state index in [9.17, 15) is 19.1 Å². The molecular weight excluding hydrogens is 309 g/mol. The number of thioether (sulfide) groups is 1. The number of hydrogen-bond donors (Lipinski definition) is 2. The van der Waals surface area contributed by atoms with Gasteiger partial charge in [-0.25, -0.2) is 9.18 Å². The molecule has 1 saturated heterocycles. The molecule has 2 unspecified atom stereocenters. The van der Waals surface area contributed by atoms with Gasteiger partial charge in [-0.2, -0.15) is 11.8 Å². The quantitative estimate of drug-likeness (QED) is 0.836. The lowest BCUT2D eigenvalue weighted by molar-refractivity contribution is -0.147. The summed E-state index contributed by atoms with van der Waals surface area (Å²) in [6.45, 7) is 1.72. The topological polar surface area (TPSA) is 75.6 Å². The van der Waals surface area contributed by atoms with E-state index in [1.165, 1.54) is 30.0 Å². The largest absolute Gasteiger partial charge is 0.479 e. The molecule has 2 atom stereocenters. The number of carboxylic acids is 1. The molecule has 120 valence electrons. The Bertz CT molecular complexity index is 560. The second kappa shape index (κ2) is 7.00. The van der Waals surface area contributed by atoms with E-state index in [1.807, 2.05) is 0 Å². The monoisotopic (exact) mass is 327 g/mol. The van der Waals surface area contributed by atoms with Crippen LogP contribution in [0.15, 0.2) is 24.3 Å². The van der Waals surface area contributed by atoms with Crippen molar-refractivity contribution in [3.8, 4) is 5.75 Å². The number of amides is 1. The molecular formula is C15H18FNO4S. The molecule has 1 aromatic carbocycles. The third-order valence-corrected chi connectivity index (χ3v) is 4.75. The van der Waals surface area contributed by atoms with Crippen LogP contribution in [-0.2, 0) is 9.59 Å². The van der Waals surface area contributed by atoms with Gasteiger partial charge in [-0.15, -0.1) is 0 Å². The number of ether oxygens (including phenoxy) is 1. The van der Waals surface area contributed by atoms with E-state index < -0.39 is 29.3 Å². The molecule has 1 aromatic rings. The summed E-state index contributed by atoms with van der Waals surface area (Å²) < 4.78 is 19.0. The SMILES string of the molecule is CCC(Oc1ccccc1F)C(=O)NC1(C(=O)O)CCSC1. The maximum absolute atomic E-state index is 13.6. The summed E-state index contributed by atoms with van der Waals surface area (Å²) in [5.41, 5.74) is -1.26. The summed E-state index contributed by atoms with van der Waals surface area (Å²) in [5, 5.41) is 11.9. The zero-order valence-electron chi connectivity index (χ0n) is 12.2. The van der Waals surface area contributed by atoms with E-state index in [0.29, 0.717) is 24.3 Å². The van der Waals surface area contributed by atoms with E-state index in [-0.39, 0.29) is 5.75 Å². The van der Waals surface area contributed by atoms with Gasteiger partial charge in [0.1, 0.15) is 5.54 Å². The summed E-state index contributed by atoms with van der Waals surface area (Å²) in [6.07, 6.45) is -0.253. The Morgan fingerprint density at radius 1 is 1.50 bits per heavy atom. The predicted octanol–water partition coefficient (Wildman–Crippen LogP) is 2.06. The smallest absolute Gasteiger partial charge is 0.330 e. The first kappa shape index (κ1) is 16.6. The van der Waals surface area contributed by atoms with E-state index in [4.69, 9.17) is 4.74 Å². The van der Waals surface area contributed by atoms with Gasteiger partial charge in [0.2, 0.25) is 0 Å². The van der Waals surface area contributed by atoms with Crippen LogP contribution in [0, 0.1) is 5.82 Å². The Kier molecular flexibility index (Phi) is 5.28. The van der Waals surface area contributed by atoms with Gasteiger partial charge in [0.15, 0.2) is 17.7 Å². The Hall–Kier alpha value is -1.76. The van der Waals surface area contributed by atoms with Gasteiger partial charge in [-0.1, -0.05) is 19.1 Å². The highest BCUT2D eigenvalue weighted by Crippen LogP contribution is 2.28. The molecule has 1 aliphatic rings. The van der Waals surface area contributed by atoms with Crippen molar-refractivity contribution in [3.63, 3.8) is 0 Å². The maximum atomic E-state index is 13.6. The predicted molar refractivity (Wildman–Crippen MR) is 81.6 cm³/mol. The van der Waals surface area contributed by atoms with Crippen LogP contribution in [0.25, 0.3) is 0 Å². The fourth-order valence-corrected chi connectivity index (χ4v) is 3.54. The van der Waals surface area contributed by atoms with Crippen molar-refractivity contribution in [2.45, 2.75) is 31.4 Å². The van der Waals surface area contributed by atoms with Crippen molar-refractivity contribution in [1.29, 1.82) is 0 Å². The lowest BCUT2D eigenvalue weighted by Gasteiger charge is -2.27. The van der Waals surface area contributed by atoms with Gasteiger partial charge in [-0.05, 0) is 30.7 Å². The molecule has 5 nitrogen and oxygen atoms in total. The van der Waals surface area contributed by atoms with Crippen LogP contribution in [-0.4, -0.2) is 40.1 Å². The molecule has 1 amide bonds. The summed E-state index contributed by atoms with van der Waals surface area (Å²) in [4.78, 5) is 23.8. The van der Waals surface area contributed by atoms with E-state index in [2.05, 4.69) is 5.32 Å². The summed E-state index contributed by atoms with van der Waals surface area (Å²) in [7, 11) is 0. The molecule has 22 heavy (non-hydrogen) atoms. The molecule has 0 bridgehead atoms. The average Bonchev–Trinajstić information content (AvgIpc) is 2.96. The highest BCUT2D eigenvalue weighted by Gasteiger charge is 2.44. The first-order chi connectivity index (χ1) is 10.5. The van der Waals surface area contributed by atoms with Crippen LogP contribution in [0.4, 0.5) is 4.39 Å². The second-order valence-electron chi connectivity index (χ2n) is 5.12. The first-order valence-corrected chi connectivity index (χ1v) is 8.18. The van der Waals surface area contributed by atoms with Crippen molar-refractivity contribution in [1.82, 2.24) is 5.32 Å². The molecule has 0 aromatic heterocycles. The minimum Gasteiger partial charge on any atom is -0.479 e. The zero-order chi connectivity index (χ0) is 16.2. The number of rotatable bonds is 6. The lowest BCUT2D eigenvalue weighted by Crippen LogP contribution is -2.57. The highest BCUT2D eigenvalue weighted by atomic mass is 32.2. The molecule has 1 aliphatic heterocycles. The Morgan fingerprint density at radius 2 is 2.23 bits per heavy atom. The molecule has 2 rings (SSSR count). The minimum atomic E-state index is -1.26. The number of carboxylic acid groups (broad SMARTS) is 1. The van der Waals surface area contributed by atoms with Crippen LogP contribution in [0.2, 0.25) is 0 Å². The number of carbonyl (C=O) groups is 2. The van der Waals surface area contributed by atoms with Gasteiger partial charge in [0.25, 0.3) is 5.91 Å². The van der Waals surface area contributed by atoms with Gasteiger partial charge >= 0.3 is 5.97 Å². The van der Waals surface area contributed by atoms with Crippen LogP contribution in [0.1, 0.15) is 19.8 Å². The van der Waals surface area contributed by atoms with Gasteiger partial charge in [-0.3, -0.25) is 4.79 Å². The third kappa shape index (κ3) is 3.52. The Labute approximate surface area is 132 Å². The number of hydrogen-bond acceptors (Lipinski definition) is 4. The standard InChI is InChI=1S/C15H18FNO4S/c1-2-11(21-12-6-4-3-5-10(12)16)13(18)17-15(14(19)20)7-8-22-9-15/h3-6,11H,2,7-9H2,1H3,(H,17,18)(H,19,20). The molecule has 0 saturated carbocycles. The molecule has 1 heterocycles. The van der Waals surface area contributed by atoms with Gasteiger partial charge < -0.3 is 15.2 Å². The number of para-hydroxylation sites is 1. The first-order valence-electron chi connectivity index (χ1n) is 7.03. The molecule has 0 aliphatic carbocycles. The van der Waals surface area contributed by atoms with Gasteiger partial charge in [0, 0.05) is 5.75 Å². The number of benzene rings is 1. The Balaban J connectivity index is 2.09. The Morgan fingerprint density at radius 3 is 2.77 bits per heavy atom. The van der Waals surface area contributed by atoms with Crippen molar-refractivity contribution in [3.05, 3.63) is 30.1 Å². The van der Waals surface area contributed by atoms with Crippen molar-refractivity contribution >= 4 is 23.6 Å². The minimum absolute atomic E-state index is 0.0188. The second-order valence-corrected chi connectivity index (χ2v) is 6.23. The lowest BCUT2D eigenvalue weighted by atomic mass is 9.98. The summed E-state index contributed by atoms with van der Waals surface area (Å²) >= 11 is 1.48. The molecule has 7 heteroatoms. The van der Waals surface area contributed by atoms with Crippen molar-refractivity contribution in [2.24, 2.45) is 0 Å². The van der Waals surface area contributed by atoms with Crippen molar-refractivity contribution < 1.29 is 23.8 Å². The molecule has 2 N–H and O–H groups in total. The fraction of sp³-hybridized carbons (Fsp3) is 0.467. The molecule has 1 fully saturated rings. The number of aliphatic carboxylic acids is 1. The van der Waals surface area contributed by atoms with E-state index in [1.54, 1.807) is 13.0 Å². The fourth-order valence-electron chi connectivity index (χ4n) is 2.22. The summed E-state index contributed by atoms with van der Waals surface area (Å²) in [5.74, 6) is -1.16. The number of nitrogens with one attached hydrogen (secondary N) is 1. The van der Waals surface area contributed by atoms with Crippen LogP contribution < -0.4 is 10.1 Å². The molecule has 0 radical (unpaired) electrons. The number of carbonyl (C=O) groups excluding carboxylic acids is 1. The molecule has 0 spiro atoms. The maximum Gasteiger partial charge on any atom is 0.330 e. The highest BCUT2D eigenvalue weighted by molar-refractivity contribution is 7.99. The third-order valence-electron chi connectivity index (χ3n) is 3.56. The van der Waals surface area contributed by atoms with Gasteiger partial charge in [0.05, 0.1) is 0 Å². The zero-order valence-corrected chi connectivity index (χ0v) is 13.0. The van der Waals surface area contributed by atoms with E-state index in [0.717, 1.165) is 0 Å². The normalized spacial score (nSPS) is 22.1. The van der Waals surface area contributed by atoms with Crippen molar-refractivity contribution in [2.75, 3.05) is 11.5 Å². The van der Waals surface area contributed by atoms with Crippen LogP contribution in [0.3, 0.4) is 0 Å². The van der Waals surface area contributed by atoms with Crippen LogP contribution >= 0.6 is 11.8 Å². The average molecular weight is 327 g/mol. The van der Waals surface area contributed by atoms with Crippen LogP contribution in [0.5, 0.6) is 5.75 Å². The summed E-state index contributed by atoms with van der Waals surface area (Å²) in [6, 6.07) is 5.81. The number of halogens is 1.